The Labute approximate surface area is 157 Å². The Hall–Kier alpha value is -2.66. The minimum Gasteiger partial charge on any atom is -0.456 e. The molecule has 0 saturated carbocycles. The van der Waals surface area contributed by atoms with Crippen LogP contribution in [-0.2, 0) is 16.0 Å². The van der Waals surface area contributed by atoms with Crippen molar-refractivity contribution in [1.29, 1.82) is 0 Å². The molecule has 1 atom stereocenters. The van der Waals surface area contributed by atoms with Crippen LogP contribution in [0.1, 0.15) is 40.1 Å². The lowest BCUT2D eigenvalue weighted by molar-refractivity contribution is -0.144. The Morgan fingerprint density at radius 2 is 1.58 bits per heavy atom. The number of carbonyl (C=O) groups excluding carboxylic acids is 3. The number of esters is 1. The van der Waals surface area contributed by atoms with Crippen LogP contribution in [0.15, 0.2) is 48.5 Å². The molecule has 26 heavy (non-hydrogen) atoms. The second-order valence-electron chi connectivity index (χ2n) is 5.78. The topological polar surface area (TPSA) is 72.5 Å². The summed E-state index contributed by atoms with van der Waals surface area (Å²) in [7, 11) is 0. The van der Waals surface area contributed by atoms with Crippen LogP contribution in [0.3, 0.4) is 0 Å². The van der Waals surface area contributed by atoms with Gasteiger partial charge in [-0.2, -0.15) is 0 Å². The molecule has 2 aromatic rings. The van der Waals surface area contributed by atoms with Crippen LogP contribution in [0.2, 0.25) is 5.02 Å². The summed E-state index contributed by atoms with van der Waals surface area (Å²) in [4.78, 5) is 36.1. The molecule has 1 N–H and O–H groups in total. The number of Topliss-reactive ketones (excluding diaryl/α,β-unsaturated/α-hetero) is 1. The van der Waals surface area contributed by atoms with Gasteiger partial charge in [-0.15, -0.1) is 0 Å². The minimum absolute atomic E-state index is 0.294. The Morgan fingerprint density at radius 1 is 1.00 bits per heavy atom. The van der Waals surface area contributed by atoms with E-state index in [-0.39, 0.29) is 12.4 Å². The largest absolute Gasteiger partial charge is 0.456 e. The molecule has 0 bridgehead atoms. The van der Waals surface area contributed by atoms with Crippen LogP contribution < -0.4 is 5.32 Å². The Kier molecular flexibility index (Phi) is 6.92. The zero-order valence-corrected chi connectivity index (χ0v) is 15.4. The second-order valence-corrected chi connectivity index (χ2v) is 6.22. The molecule has 0 aliphatic heterocycles. The van der Waals surface area contributed by atoms with Gasteiger partial charge in [0.25, 0.3) is 5.91 Å². The number of ether oxygens (including phenoxy) is 1. The van der Waals surface area contributed by atoms with Gasteiger partial charge in [-0.05, 0) is 43.2 Å². The molecule has 0 aliphatic carbocycles. The number of carbonyl (C=O) groups is 3. The van der Waals surface area contributed by atoms with E-state index in [9.17, 15) is 14.4 Å². The van der Waals surface area contributed by atoms with Crippen molar-refractivity contribution >= 4 is 29.3 Å². The van der Waals surface area contributed by atoms with Crippen molar-refractivity contribution in [2.24, 2.45) is 0 Å². The molecule has 0 unspecified atom stereocenters. The molecule has 0 saturated heterocycles. The van der Waals surface area contributed by atoms with Crippen molar-refractivity contribution in [1.82, 2.24) is 5.32 Å². The normalized spacial score (nSPS) is 11.5. The first kappa shape index (κ1) is 19.7. The Bertz CT molecular complexity index is 784. The third kappa shape index (κ3) is 5.43. The second kappa shape index (κ2) is 9.15. The summed E-state index contributed by atoms with van der Waals surface area (Å²) < 4.78 is 5.01. The molecule has 2 aromatic carbocycles. The number of benzene rings is 2. The van der Waals surface area contributed by atoms with Gasteiger partial charge in [0, 0.05) is 16.1 Å². The number of aryl methyl sites for hydroxylation is 1. The lowest BCUT2D eigenvalue weighted by Crippen LogP contribution is -2.40. The zero-order valence-electron chi connectivity index (χ0n) is 14.6. The van der Waals surface area contributed by atoms with Gasteiger partial charge in [-0.25, -0.2) is 4.79 Å². The monoisotopic (exact) mass is 373 g/mol. The molecule has 0 aromatic heterocycles. The molecule has 0 spiro atoms. The predicted octanol–water partition coefficient (Wildman–Crippen LogP) is 3.45. The van der Waals surface area contributed by atoms with Gasteiger partial charge in [0.1, 0.15) is 6.04 Å². The summed E-state index contributed by atoms with van der Waals surface area (Å²) in [6.07, 6.45) is 0.883. The molecule has 136 valence electrons. The molecule has 0 heterocycles. The average molecular weight is 374 g/mol. The molecule has 0 fully saturated rings. The summed E-state index contributed by atoms with van der Waals surface area (Å²) in [5.41, 5.74) is 1.98. The van der Waals surface area contributed by atoms with Crippen molar-refractivity contribution in [2.75, 3.05) is 6.61 Å². The van der Waals surface area contributed by atoms with E-state index < -0.39 is 17.9 Å². The lowest BCUT2D eigenvalue weighted by Gasteiger charge is -2.13. The summed E-state index contributed by atoms with van der Waals surface area (Å²) >= 11 is 5.77. The van der Waals surface area contributed by atoms with Crippen molar-refractivity contribution in [3.05, 3.63) is 70.2 Å². The fourth-order valence-corrected chi connectivity index (χ4v) is 2.34. The Morgan fingerprint density at radius 3 is 2.15 bits per heavy atom. The molecule has 0 aliphatic rings. The highest BCUT2D eigenvalue weighted by Crippen LogP contribution is 2.10. The molecule has 1 amide bonds. The summed E-state index contributed by atoms with van der Waals surface area (Å²) in [5, 5.41) is 3.04. The summed E-state index contributed by atoms with van der Waals surface area (Å²) in [6.45, 7) is 3.15. The minimum atomic E-state index is -0.881. The molecular formula is C20H20ClNO4. The first-order chi connectivity index (χ1) is 12.4. The third-order valence-corrected chi connectivity index (χ3v) is 4.09. The van der Waals surface area contributed by atoms with Gasteiger partial charge in [-0.1, -0.05) is 42.8 Å². The van der Waals surface area contributed by atoms with Gasteiger partial charge in [0.2, 0.25) is 0 Å². The van der Waals surface area contributed by atoms with Crippen molar-refractivity contribution in [2.45, 2.75) is 26.3 Å². The van der Waals surface area contributed by atoms with Crippen LogP contribution in [0, 0.1) is 0 Å². The van der Waals surface area contributed by atoms with E-state index in [1.54, 1.807) is 36.4 Å². The molecule has 5 nitrogen and oxygen atoms in total. The highest BCUT2D eigenvalue weighted by atomic mass is 35.5. The Balaban J connectivity index is 1.85. The van der Waals surface area contributed by atoms with E-state index >= 15 is 0 Å². The first-order valence-corrected chi connectivity index (χ1v) is 8.63. The summed E-state index contributed by atoms with van der Waals surface area (Å²) in [6, 6.07) is 12.5. The maximum absolute atomic E-state index is 12.1. The van der Waals surface area contributed by atoms with E-state index in [0.29, 0.717) is 16.1 Å². The SMILES string of the molecule is CCc1ccc(C(=O)COC(=O)[C@H](C)NC(=O)c2ccc(Cl)cc2)cc1. The first-order valence-electron chi connectivity index (χ1n) is 8.26. The van der Waals surface area contributed by atoms with Gasteiger partial charge in [0.15, 0.2) is 12.4 Å². The standard InChI is InChI=1S/C20H20ClNO4/c1-3-14-4-6-15(7-5-14)18(23)12-26-20(25)13(2)22-19(24)16-8-10-17(21)11-9-16/h4-11,13H,3,12H2,1-2H3,(H,22,24)/t13-/m0/s1. The molecule has 0 radical (unpaired) electrons. The number of nitrogens with one attached hydrogen (secondary N) is 1. The number of hydrogen-bond acceptors (Lipinski definition) is 4. The van der Waals surface area contributed by atoms with Crippen LogP contribution in [0.4, 0.5) is 0 Å². The molecule has 6 heteroatoms. The zero-order chi connectivity index (χ0) is 19.1. The smallest absolute Gasteiger partial charge is 0.328 e. The van der Waals surface area contributed by atoms with Crippen LogP contribution in [0.25, 0.3) is 0 Å². The van der Waals surface area contributed by atoms with Crippen molar-refractivity contribution < 1.29 is 19.1 Å². The van der Waals surface area contributed by atoms with Crippen LogP contribution in [0.5, 0.6) is 0 Å². The van der Waals surface area contributed by atoms with Crippen molar-refractivity contribution in [3.63, 3.8) is 0 Å². The predicted molar refractivity (Wildman–Crippen MR) is 99.5 cm³/mol. The average Bonchev–Trinajstić information content (AvgIpc) is 2.66. The quantitative estimate of drug-likeness (QED) is 0.596. The number of ketones is 1. The van der Waals surface area contributed by atoms with Crippen LogP contribution in [-0.4, -0.2) is 30.3 Å². The highest BCUT2D eigenvalue weighted by Gasteiger charge is 2.19. The van der Waals surface area contributed by atoms with E-state index in [1.165, 1.54) is 6.92 Å². The van der Waals surface area contributed by atoms with Gasteiger partial charge in [-0.3, -0.25) is 9.59 Å². The maximum atomic E-state index is 12.1. The molecular weight excluding hydrogens is 354 g/mol. The number of amides is 1. The van der Waals surface area contributed by atoms with Gasteiger partial charge >= 0.3 is 5.97 Å². The fourth-order valence-electron chi connectivity index (χ4n) is 2.21. The van der Waals surface area contributed by atoms with Gasteiger partial charge < -0.3 is 10.1 Å². The van der Waals surface area contributed by atoms with E-state index in [4.69, 9.17) is 16.3 Å². The fraction of sp³-hybridized carbons (Fsp3) is 0.250. The lowest BCUT2D eigenvalue weighted by atomic mass is 10.1. The van der Waals surface area contributed by atoms with Gasteiger partial charge in [0.05, 0.1) is 0 Å². The highest BCUT2D eigenvalue weighted by molar-refractivity contribution is 6.30. The summed E-state index contributed by atoms with van der Waals surface area (Å²) in [5.74, 6) is -1.39. The van der Waals surface area contributed by atoms with Crippen molar-refractivity contribution in [3.8, 4) is 0 Å². The number of halogens is 1. The molecule has 2 rings (SSSR count). The van der Waals surface area contributed by atoms with E-state index in [0.717, 1.165) is 12.0 Å². The number of hydrogen-bond donors (Lipinski definition) is 1. The van der Waals surface area contributed by atoms with E-state index in [2.05, 4.69) is 5.32 Å². The van der Waals surface area contributed by atoms with Crippen LogP contribution >= 0.6 is 11.6 Å². The maximum Gasteiger partial charge on any atom is 0.328 e. The number of rotatable bonds is 7. The van der Waals surface area contributed by atoms with E-state index in [1.807, 2.05) is 19.1 Å². The third-order valence-electron chi connectivity index (χ3n) is 3.84.